The van der Waals surface area contributed by atoms with Gasteiger partial charge in [0.15, 0.2) is 0 Å². The predicted molar refractivity (Wildman–Crippen MR) is 40.9 cm³/mol. The summed E-state index contributed by atoms with van der Waals surface area (Å²) in [5, 5.41) is 0. The number of hydrogen-bond donors (Lipinski definition) is 0. The fourth-order valence-electron chi connectivity index (χ4n) is 0.538. The topological polar surface area (TPSA) is 27.7 Å². The van der Waals surface area contributed by atoms with Gasteiger partial charge in [-0.1, -0.05) is 0 Å². The van der Waals surface area contributed by atoms with Crippen LogP contribution in [0.1, 0.15) is 0 Å². The van der Waals surface area contributed by atoms with Crippen LogP contribution in [-0.2, 0) is 14.2 Å². The molecule has 0 fully saturated rings. The minimum absolute atomic E-state index is 0.429. The summed E-state index contributed by atoms with van der Waals surface area (Å²) in [5.41, 5.74) is 0.858. The van der Waals surface area contributed by atoms with E-state index in [1.807, 2.05) is 0 Å². The molecule has 0 atom stereocenters. The fraction of sp³-hybridized carbons (Fsp3) is 0.250. The summed E-state index contributed by atoms with van der Waals surface area (Å²) in [4.78, 5) is 0. The highest BCUT2D eigenvalue weighted by atomic mass is 19.4. The molecule has 0 rings (SSSR count). The first kappa shape index (κ1) is 18.7. The Balaban J connectivity index is 5.04. The molecule has 3 nitrogen and oxygen atoms in total. The van der Waals surface area contributed by atoms with E-state index in [1.165, 1.54) is 0 Å². The van der Waals surface area contributed by atoms with Crippen molar-refractivity contribution >= 4 is 0 Å². The molecule has 0 heterocycles. The van der Waals surface area contributed by atoms with Gasteiger partial charge >= 0.3 is 36.8 Å². The Bertz CT molecular complexity index is 455. The first-order valence-corrected chi connectivity index (χ1v) is 4.11. The van der Waals surface area contributed by atoms with Gasteiger partial charge in [0.1, 0.15) is 0 Å². The van der Waals surface area contributed by atoms with E-state index in [-0.39, 0.29) is 0 Å². The fourth-order valence-corrected chi connectivity index (χ4v) is 0.538. The van der Waals surface area contributed by atoms with Crippen molar-refractivity contribution in [2.24, 2.45) is 0 Å². The Morgan fingerprint density at radius 3 is 1.10 bits per heavy atom. The highest BCUT2D eigenvalue weighted by molar-refractivity contribution is 4.93. The summed E-state index contributed by atoms with van der Waals surface area (Å²) in [7, 11) is 0. The first-order valence-electron chi connectivity index (χ1n) is 4.11. The minimum atomic E-state index is -5.56. The normalized spacial score (nSPS) is 11.0. The summed E-state index contributed by atoms with van der Waals surface area (Å²) in [6.45, 7) is 0. The Labute approximate surface area is 108 Å². The van der Waals surface area contributed by atoms with Crippen LogP contribution >= 0.6 is 0 Å². The molecule has 0 aromatic carbocycles. The van der Waals surface area contributed by atoms with Gasteiger partial charge in [0.2, 0.25) is 0 Å². The summed E-state index contributed by atoms with van der Waals surface area (Å²) >= 11 is 0. The summed E-state index contributed by atoms with van der Waals surface area (Å²) in [6, 6.07) is -10.6. The molecule has 0 aliphatic heterocycles. The third-order valence-corrected chi connectivity index (χ3v) is 0.983. The van der Waals surface area contributed by atoms with Crippen molar-refractivity contribution in [2.75, 3.05) is 0 Å². The molecule has 13 heteroatoms. The maximum atomic E-state index is 12.4. The van der Waals surface area contributed by atoms with E-state index in [0.717, 1.165) is 0 Å². The maximum absolute atomic E-state index is 12.4. The molecule has 0 bridgehead atoms. The molecule has 0 saturated carbocycles. The molecule has 0 spiro atoms. The molecule has 0 radical (unpaired) electrons. The van der Waals surface area contributed by atoms with Crippen LogP contribution in [0.2, 0.25) is 0 Å². The number of rotatable bonds is 4. The van der Waals surface area contributed by atoms with Crippen molar-refractivity contribution in [1.29, 1.82) is 0 Å². The van der Waals surface area contributed by atoms with Crippen molar-refractivity contribution < 1.29 is 58.1 Å². The van der Waals surface area contributed by atoms with Crippen molar-refractivity contribution in [2.45, 2.75) is 12.7 Å². The molecular formula is C8F10O3. The van der Waals surface area contributed by atoms with E-state index in [0.29, 0.717) is 11.5 Å². The highest BCUT2D eigenvalue weighted by Crippen LogP contribution is 2.22. The van der Waals surface area contributed by atoms with Crippen molar-refractivity contribution in [3.05, 3.63) is 35.5 Å². The number of halogens is 10. The Hall–Kier alpha value is -2.26. The molecule has 0 aliphatic rings. The SMILES string of the molecule is FC(=C=C(F)OC(F)(F)F)OC(F)=C=C(F)OC(F)(F)F. The van der Waals surface area contributed by atoms with Gasteiger partial charge in [-0.3, -0.25) is 0 Å². The van der Waals surface area contributed by atoms with Crippen LogP contribution in [0.3, 0.4) is 0 Å². The average Bonchev–Trinajstić information content (AvgIpc) is 2.07. The van der Waals surface area contributed by atoms with E-state index < -0.39 is 36.8 Å². The van der Waals surface area contributed by atoms with Crippen molar-refractivity contribution in [1.82, 2.24) is 0 Å². The molecule has 120 valence electrons. The van der Waals surface area contributed by atoms with Gasteiger partial charge in [-0.05, 0) is 0 Å². The van der Waals surface area contributed by atoms with Gasteiger partial charge in [0, 0.05) is 11.5 Å². The van der Waals surface area contributed by atoms with Gasteiger partial charge in [-0.15, -0.1) is 26.3 Å². The highest BCUT2D eigenvalue weighted by Gasteiger charge is 2.33. The largest absolute Gasteiger partial charge is 0.575 e. The second-order valence-electron chi connectivity index (χ2n) is 2.54. The quantitative estimate of drug-likeness (QED) is 0.430. The van der Waals surface area contributed by atoms with Crippen LogP contribution in [0.15, 0.2) is 35.5 Å². The molecule has 21 heavy (non-hydrogen) atoms. The first-order chi connectivity index (χ1) is 9.28. The van der Waals surface area contributed by atoms with Crippen LogP contribution in [0.5, 0.6) is 0 Å². The molecule has 0 saturated heterocycles. The lowest BCUT2D eigenvalue weighted by Crippen LogP contribution is -2.10. The van der Waals surface area contributed by atoms with Gasteiger partial charge in [-0.2, -0.15) is 17.6 Å². The lowest BCUT2D eigenvalue weighted by atomic mass is 10.8. The number of alkyl halides is 6. The lowest BCUT2D eigenvalue weighted by molar-refractivity contribution is -0.314. The predicted octanol–water partition coefficient (Wildman–Crippen LogP) is 4.52. The monoisotopic (exact) mass is 334 g/mol. The molecule has 0 unspecified atom stereocenters. The van der Waals surface area contributed by atoms with Gasteiger partial charge < -0.3 is 14.2 Å². The third-order valence-electron chi connectivity index (χ3n) is 0.983. The standard InChI is InChI=1S/C8F10O3/c9-3(1-5(11)20-7(13,14)15)19-4(10)2-6(12)21-8(16,17)18. The summed E-state index contributed by atoms with van der Waals surface area (Å²) in [5.74, 6) is 0. The van der Waals surface area contributed by atoms with Crippen LogP contribution in [0.4, 0.5) is 43.9 Å². The Kier molecular flexibility index (Phi) is 6.20. The van der Waals surface area contributed by atoms with Crippen molar-refractivity contribution in [3.63, 3.8) is 0 Å². The molecular weight excluding hydrogens is 334 g/mol. The Morgan fingerprint density at radius 1 is 0.571 bits per heavy atom. The van der Waals surface area contributed by atoms with E-state index in [1.54, 1.807) is 0 Å². The lowest BCUT2D eigenvalue weighted by Gasteiger charge is -2.03. The van der Waals surface area contributed by atoms with E-state index in [9.17, 15) is 43.9 Å². The zero-order chi connectivity index (χ0) is 16.8. The number of hydrogen-bond acceptors (Lipinski definition) is 3. The van der Waals surface area contributed by atoms with Crippen LogP contribution in [-0.4, -0.2) is 12.7 Å². The van der Waals surface area contributed by atoms with Crippen molar-refractivity contribution in [3.8, 4) is 0 Å². The molecule has 0 amide bonds. The zero-order valence-electron chi connectivity index (χ0n) is 9.00. The maximum Gasteiger partial charge on any atom is 0.575 e. The van der Waals surface area contributed by atoms with Crippen LogP contribution in [0.25, 0.3) is 0 Å². The molecule has 0 aromatic rings. The minimum Gasteiger partial charge on any atom is -0.391 e. The van der Waals surface area contributed by atoms with Crippen LogP contribution < -0.4 is 0 Å². The number of ether oxygens (including phenoxy) is 3. The van der Waals surface area contributed by atoms with E-state index >= 15 is 0 Å². The second kappa shape index (κ2) is 6.95. The second-order valence-corrected chi connectivity index (χ2v) is 2.54. The van der Waals surface area contributed by atoms with Gasteiger partial charge in [0.05, 0.1) is 0 Å². The Morgan fingerprint density at radius 2 is 0.857 bits per heavy atom. The zero-order valence-corrected chi connectivity index (χ0v) is 9.00. The molecule has 0 aliphatic carbocycles. The molecule has 0 aromatic heterocycles. The summed E-state index contributed by atoms with van der Waals surface area (Å²) in [6.07, 6.45) is -11.1. The average molecular weight is 334 g/mol. The van der Waals surface area contributed by atoms with Gasteiger partial charge in [0.25, 0.3) is 0 Å². The van der Waals surface area contributed by atoms with Gasteiger partial charge in [-0.25, -0.2) is 0 Å². The smallest absolute Gasteiger partial charge is 0.391 e. The van der Waals surface area contributed by atoms with E-state index in [4.69, 9.17) is 0 Å². The molecule has 0 N–H and O–H groups in total. The van der Waals surface area contributed by atoms with E-state index in [2.05, 4.69) is 14.2 Å². The summed E-state index contributed by atoms with van der Waals surface area (Å²) < 4.78 is 126. The van der Waals surface area contributed by atoms with Crippen LogP contribution in [0, 0.1) is 0 Å². The third kappa shape index (κ3) is 11.3.